The van der Waals surface area contributed by atoms with Crippen LogP contribution in [0.1, 0.15) is 34.0 Å². The van der Waals surface area contributed by atoms with Crippen LogP contribution >= 0.6 is 0 Å². The Morgan fingerprint density at radius 3 is 2.09 bits per heavy atom. The lowest BCUT2D eigenvalue weighted by atomic mass is 9.89. The van der Waals surface area contributed by atoms with Gasteiger partial charge >= 0.3 is 0 Å². The Balaban J connectivity index is 1.25. The summed E-state index contributed by atoms with van der Waals surface area (Å²) in [5, 5.41) is 28.1. The second-order valence-corrected chi connectivity index (χ2v) is 10.8. The zero-order valence-corrected chi connectivity index (χ0v) is 24.1. The van der Waals surface area contributed by atoms with Gasteiger partial charge in [0, 0.05) is 24.6 Å². The third-order valence-electron chi connectivity index (χ3n) is 7.73. The van der Waals surface area contributed by atoms with E-state index >= 15 is 0 Å². The molecule has 0 spiro atoms. The van der Waals surface area contributed by atoms with E-state index in [4.69, 9.17) is 4.84 Å². The van der Waals surface area contributed by atoms with Crippen molar-refractivity contribution in [2.45, 2.75) is 44.8 Å². The molecule has 1 heterocycles. The van der Waals surface area contributed by atoms with Crippen LogP contribution < -0.4 is 10.6 Å². The minimum atomic E-state index is -0.886. The monoisotopic (exact) mass is 579 g/mol. The molecule has 1 saturated heterocycles. The molecule has 8 heteroatoms. The molecule has 2 amide bonds. The van der Waals surface area contributed by atoms with Crippen LogP contribution in [0.5, 0.6) is 0 Å². The predicted molar refractivity (Wildman–Crippen MR) is 164 cm³/mol. The van der Waals surface area contributed by atoms with Crippen LogP contribution in [0.2, 0.25) is 0 Å². The molecule has 0 aromatic heterocycles. The third-order valence-corrected chi connectivity index (χ3v) is 7.73. The quantitative estimate of drug-likeness (QED) is 0.213. The van der Waals surface area contributed by atoms with Crippen LogP contribution in [0.15, 0.2) is 109 Å². The van der Waals surface area contributed by atoms with E-state index in [1.807, 2.05) is 84.9 Å². The minimum absolute atomic E-state index is 0.161. The molecule has 1 fully saturated rings. The zero-order valence-electron chi connectivity index (χ0n) is 24.1. The summed E-state index contributed by atoms with van der Waals surface area (Å²) in [6, 6.07) is 34.0. The molecule has 4 N–H and O–H groups in total. The molecule has 5 rings (SSSR count). The fourth-order valence-corrected chi connectivity index (χ4v) is 5.51. The Labute approximate surface area is 251 Å². The van der Waals surface area contributed by atoms with E-state index in [0.717, 1.165) is 27.8 Å². The molecular formula is C35H37N3O5. The van der Waals surface area contributed by atoms with Crippen molar-refractivity contribution in [1.82, 2.24) is 15.7 Å². The number of hydroxylamine groups is 2. The van der Waals surface area contributed by atoms with Crippen molar-refractivity contribution < 1.29 is 24.6 Å². The highest BCUT2D eigenvalue weighted by atomic mass is 16.7. The Kier molecular flexibility index (Phi) is 9.96. The average Bonchev–Trinajstić information content (AvgIpc) is 3.42. The minimum Gasteiger partial charge on any atom is -0.394 e. The summed E-state index contributed by atoms with van der Waals surface area (Å²) in [5.41, 5.74) is 5.50. The Bertz CT molecular complexity index is 1500. The summed E-state index contributed by atoms with van der Waals surface area (Å²) in [5.74, 6) is -1.08. The number of nitrogens with zero attached hydrogens (tertiary/aromatic N) is 1. The standard InChI is InChI=1S/C35H37N3O5/c1-24(40)32-31(23-39)43-38(22-27-10-8-9-26(19-27)21-36-34(41)30-13-6-3-7-14-30)33(32)35(42)37-20-25-15-17-29(18-16-25)28-11-4-2-5-12-28/h2-19,24,31-33,39-40H,20-23H2,1H3,(H,36,41)(H,37,42)/t24-,31-,32+,33-/m1/s1. The molecule has 4 atom stereocenters. The van der Waals surface area contributed by atoms with Crippen LogP contribution in [0.4, 0.5) is 0 Å². The highest BCUT2D eigenvalue weighted by molar-refractivity contribution is 5.94. The number of hydrogen-bond donors (Lipinski definition) is 4. The lowest BCUT2D eigenvalue weighted by molar-refractivity contribution is -0.181. The number of benzene rings is 4. The maximum atomic E-state index is 13.6. The van der Waals surface area contributed by atoms with Gasteiger partial charge < -0.3 is 20.8 Å². The first-order valence-corrected chi connectivity index (χ1v) is 14.5. The van der Waals surface area contributed by atoms with E-state index < -0.39 is 24.2 Å². The van der Waals surface area contributed by atoms with Gasteiger partial charge in [0.15, 0.2) is 0 Å². The largest absolute Gasteiger partial charge is 0.394 e. The predicted octanol–water partition coefficient (Wildman–Crippen LogP) is 4.07. The molecule has 4 aromatic rings. The van der Waals surface area contributed by atoms with E-state index in [9.17, 15) is 19.8 Å². The number of nitrogens with one attached hydrogen (secondary N) is 2. The number of aliphatic hydroxyl groups excluding tert-OH is 2. The maximum absolute atomic E-state index is 13.6. The molecule has 222 valence electrons. The van der Waals surface area contributed by atoms with Crippen molar-refractivity contribution in [3.8, 4) is 11.1 Å². The second-order valence-electron chi connectivity index (χ2n) is 10.8. The summed E-state index contributed by atoms with van der Waals surface area (Å²) in [7, 11) is 0. The van der Waals surface area contributed by atoms with Gasteiger partial charge in [-0.25, -0.2) is 0 Å². The molecule has 43 heavy (non-hydrogen) atoms. The summed E-state index contributed by atoms with van der Waals surface area (Å²) in [6.07, 6.45) is -1.61. The Morgan fingerprint density at radius 2 is 1.42 bits per heavy atom. The molecule has 0 aliphatic carbocycles. The van der Waals surface area contributed by atoms with Crippen LogP contribution in [-0.2, 0) is 29.3 Å². The van der Waals surface area contributed by atoms with Gasteiger partial charge in [-0.1, -0.05) is 97.1 Å². The van der Waals surface area contributed by atoms with Gasteiger partial charge in [-0.15, -0.1) is 0 Å². The van der Waals surface area contributed by atoms with E-state index in [2.05, 4.69) is 22.8 Å². The number of aliphatic hydroxyl groups is 2. The van der Waals surface area contributed by atoms with Gasteiger partial charge in [0.25, 0.3) is 5.91 Å². The summed E-state index contributed by atoms with van der Waals surface area (Å²) in [6.45, 7) is 2.18. The van der Waals surface area contributed by atoms with Gasteiger partial charge in [0.1, 0.15) is 12.1 Å². The van der Waals surface area contributed by atoms with E-state index in [0.29, 0.717) is 18.7 Å². The lowest BCUT2D eigenvalue weighted by Crippen LogP contribution is -2.48. The molecule has 1 aliphatic heterocycles. The fraction of sp³-hybridized carbons (Fsp3) is 0.257. The van der Waals surface area contributed by atoms with Crippen molar-refractivity contribution in [1.29, 1.82) is 0 Å². The van der Waals surface area contributed by atoms with Crippen LogP contribution in [0.25, 0.3) is 11.1 Å². The van der Waals surface area contributed by atoms with Gasteiger partial charge in [-0.2, -0.15) is 5.06 Å². The normalized spacial score (nSPS) is 19.1. The smallest absolute Gasteiger partial charge is 0.251 e. The first kappa shape index (κ1) is 30.1. The number of amides is 2. The highest BCUT2D eigenvalue weighted by Crippen LogP contribution is 2.32. The number of carbonyl (C=O) groups is 2. The average molecular weight is 580 g/mol. The summed E-state index contributed by atoms with van der Waals surface area (Å²) >= 11 is 0. The number of rotatable bonds is 11. The summed E-state index contributed by atoms with van der Waals surface area (Å²) in [4.78, 5) is 32.1. The molecule has 0 radical (unpaired) electrons. The molecular weight excluding hydrogens is 542 g/mol. The van der Waals surface area contributed by atoms with Crippen molar-refractivity contribution in [3.63, 3.8) is 0 Å². The van der Waals surface area contributed by atoms with Gasteiger partial charge in [0.05, 0.1) is 19.3 Å². The van der Waals surface area contributed by atoms with Crippen molar-refractivity contribution in [3.05, 3.63) is 131 Å². The molecule has 0 unspecified atom stereocenters. The van der Waals surface area contributed by atoms with Crippen LogP contribution in [0.3, 0.4) is 0 Å². The Hall–Kier alpha value is -4.34. The first-order valence-electron chi connectivity index (χ1n) is 14.5. The second kappa shape index (κ2) is 14.2. The Morgan fingerprint density at radius 1 is 0.791 bits per heavy atom. The highest BCUT2D eigenvalue weighted by Gasteiger charge is 2.49. The van der Waals surface area contributed by atoms with E-state index in [-0.39, 0.29) is 25.0 Å². The summed E-state index contributed by atoms with van der Waals surface area (Å²) < 4.78 is 0. The molecule has 8 nitrogen and oxygen atoms in total. The molecule has 0 bridgehead atoms. The SMILES string of the molecule is C[C@@H](O)[C@H]1[C@@H](CO)ON(Cc2cccc(CNC(=O)c3ccccc3)c2)[C@H]1C(=O)NCc1ccc(-c2ccccc2)cc1. The maximum Gasteiger partial charge on any atom is 0.251 e. The van der Waals surface area contributed by atoms with Gasteiger partial charge in [-0.05, 0) is 46.9 Å². The topological polar surface area (TPSA) is 111 Å². The van der Waals surface area contributed by atoms with E-state index in [1.54, 1.807) is 24.1 Å². The number of hydrogen-bond acceptors (Lipinski definition) is 6. The fourth-order valence-electron chi connectivity index (χ4n) is 5.51. The zero-order chi connectivity index (χ0) is 30.2. The van der Waals surface area contributed by atoms with Gasteiger partial charge in [0.2, 0.25) is 5.91 Å². The van der Waals surface area contributed by atoms with Crippen molar-refractivity contribution in [2.24, 2.45) is 5.92 Å². The lowest BCUT2D eigenvalue weighted by Gasteiger charge is -2.26. The van der Waals surface area contributed by atoms with Crippen molar-refractivity contribution >= 4 is 11.8 Å². The van der Waals surface area contributed by atoms with Crippen LogP contribution in [0, 0.1) is 5.92 Å². The molecule has 4 aromatic carbocycles. The van der Waals surface area contributed by atoms with Crippen molar-refractivity contribution in [2.75, 3.05) is 6.61 Å². The van der Waals surface area contributed by atoms with E-state index in [1.165, 1.54) is 0 Å². The molecule has 1 aliphatic rings. The van der Waals surface area contributed by atoms with Crippen LogP contribution in [-0.4, -0.2) is 51.9 Å². The first-order chi connectivity index (χ1) is 20.9. The number of carbonyl (C=O) groups excluding carboxylic acids is 2. The molecule has 0 saturated carbocycles. The van der Waals surface area contributed by atoms with Gasteiger partial charge in [-0.3, -0.25) is 14.4 Å². The third kappa shape index (κ3) is 7.55.